The van der Waals surface area contributed by atoms with Crippen molar-refractivity contribution in [1.29, 1.82) is 10.5 Å². The summed E-state index contributed by atoms with van der Waals surface area (Å²) in [4.78, 5) is 4.18. The van der Waals surface area contributed by atoms with Crippen LogP contribution in [0.2, 0.25) is 0 Å². The average molecular weight is 296 g/mol. The molecule has 112 valence electrons. The lowest BCUT2D eigenvalue weighted by Gasteiger charge is -2.29. The molecule has 0 aromatic heterocycles. The Kier molecular flexibility index (Phi) is 2.84. The van der Waals surface area contributed by atoms with Crippen LogP contribution in [0.25, 0.3) is 0 Å². The number of nitriles is 2. The van der Waals surface area contributed by atoms with E-state index in [1.54, 1.807) is 0 Å². The number of amidine groups is 1. The van der Waals surface area contributed by atoms with Crippen molar-refractivity contribution in [2.75, 3.05) is 14.2 Å². The number of nitrogens with two attached hydrogens (primary N) is 1. The van der Waals surface area contributed by atoms with Gasteiger partial charge in [0, 0.05) is 20.1 Å². The molecule has 0 radical (unpaired) electrons. The number of hydrogen-bond donors (Lipinski definition) is 1. The summed E-state index contributed by atoms with van der Waals surface area (Å²) >= 11 is 0. The Morgan fingerprint density at radius 3 is 2.32 bits per heavy atom. The molecule has 1 aromatic rings. The van der Waals surface area contributed by atoms with Gasteiger partial charge >= 0.3 is 0 Å². The number of fused-ring (bicyclic) bond motifs is 1. The van der Waals surface area contributed by atoms with Crippen LogP contribution in [0.15, 0.2) is 29.3 Å². The van der Waals surface area contributed by atoms with Crippen LogP contribution in [-0.2, 0) is 9.47 Å². The maximum atomic E-state index is 9.91. The van der Waals surface area contributed by atoms with E-state index in [9.17, 15) is 10.5 Å². The molecule has 3 rings (SSSR count). The maximum Gasteiger partial charge on any atom is 0.292 e. The largest absolute Gasteiger partial charge is 0.386 e. The predicted octanol–water partition coefficient (Wildman–Crippen LogP) is 1.43. The number of benzene rings is 1. The summed E-state index contributed by atoms with van der Waals surface area (Å²) in [6.45, 7) is 1.94. The SMILES string of the molecule is COC1(OC)N=C(N)[C@@]2(C#N)[C@@H](c3ccccc3C)[C@@]12C#N. The van der Waals surface area contributed by atoms with E-state index in [2.05, 4.69) is 17.1 Å². The molecule has 3 atom stereocenters. The highest BCUT2D eigenvalue weighted by atomic mass is 16.7. The summed E-state index contributed by atoms with van der Waals surface area (Å²) < 4.78 is 10.8. The Morgan fingerprint density at radius 1 is 1.18 bits per heavy atom. The van der Waals surface area contributed by atoms with Gasteiger partial charge in [0.05, 0.1) is 12.1 Å². The molecule has 1 fully saturated rings. The van der Waals surface area contributed by atoms with Gasteiger partial charge < -0.3 is 15.2 Å². The number of rotatable bonds is 3. The third-order valence-electron chi connectivity index (χ3n) is 4.98. The average Bonchev–Trinajstić information content (AvgIpc) is 3.10. The minimum atomic E-state index is -1.56. The van der Waals surface area contributed by atoms with Gasteiger partial charge in [0.25, 0.3) is 5.91 Å². The van der Waals surface area contributed by atoms with Crippen LogP contribution in [0.5, 0.6) is 0 Å². The Hall–Kier alpha value is -2.41. The third kappa shape index (κ3) is 1.20. The second-order valence-corrected chi connectivity index (χ2v) is 5.62. The second kappa shape index (κ2) is 4.30. The third-order valence-corrected chi connectivity index (χ3v) is 4.98. The number of aryl methyl sites for hydroxylation is 1. The van der Waals surface area contributed by atoms with E-state index in [1.165, 1.54) is 14.2 Å². The zero-order valence-corrected chi connectivity index (χ0v) is 12.6. The molecule has 0 bridgehead atoms. The normalized spacial score (nSPS) is 34.2. The first kappa shape index (κ1) is 14.5. The van der Waals surface area contributed by atoms with E-state index in [-0.39, 0.29) is 5.84 Å². The monoisotopic (exact) mass is 296 g/mol. The van der Waals surface area contributed by atoms with E-state index >= 15 is 0 Å². The van der Waals surface area contributed by atoms with Crippen LogP contribution >= 0.6 is 0 Å². The quantitative estimate of drug-likeness (QED) is 0.849. The van der Waals surface area contributed by atoms with Gasteiger partial charge in [-0.25, -0.2) is 4.99 Å². The molecule has 0 spiro atoms. The molecular weight excluding hydrogens is 280 g/mol. The first-order valence-electron chi connectivity index (χ1n) is 6.85. The summed E-state index contributed by atoms with van der Waals surface area (Å²) in [6, 6.07) is 12.1. The molecule has 6 heteroatoms. The minimum absolute atomic E-state index is 0.0912. The van der Waals surface area contributed by atoms with Gasteiger partial charge in [0.2, 0.25) is 0 Å². The van der Waals surface area contributed by atoms with Gasteiger partial charge in [0.15, 0.2) is 5.41 Å². The van der Waals surface area contributed by atoms with E-state index in [0.717, 1.165) is 11.1 Å². The summed E-state index contributed by atoms with van der Waals surface area (Å²) in [6.07, 6.45) is 0. The van der Waals surface area contributed by atoms with Crippen molar-refractivity contribution in [2.45, 2.75) is 18.8 Å². The fourth-order valence-electron chi connectivity index (χ4n) is 3.90. The zero-order chi connectivity index (χ0) is 16.2. The van der Waals surface area contributed by atoms with Gasteiger partial charge in [-0.1, -0.05) is 24.3 Å². The number of nitrogens with zero attached hydrogens (tertiary/aromatic N) is 3. The van der Waals surface area contributed by atoms with Crippen molar-refractivity contribution in [3.05, 3.63) is 35.4 Å². The van der Waals surface area contributed by atoms with Crippen molar-refractivity contribution in [3.63, 3.8) is 0 Å². The number of methoxy groups -OCH3 is 2. The summed E-state index contributed by atoms with van der Waals surface area (Å²) in [5.41, 5.74) is 5.42. The molecule has 1 aliphatic carbocycles. The van der Waals surface area contributed by atoms with Crippen LogP contribution in [0.4, 0.5) is 0 Å². The summed E-state index contributed by atoms with van der Waals surface area (Å²) in [5.74, 6) is -1.91. The Labute approximate surface area is 128 Å². The summed E-state index contributed by atoms with van der Waals surface area (Å²) in [7, 11) is 2.81. The highest BCUT2D eigenvalue weighted by Gasteiger charge is 2.93. The number of hydrogen-bond acceptors (Lipinski definition) is 6. The van der Waals surface area contributed by atoms with Gasteiger partial charge in [-0.2, -0.15) is 10.5 Å². The van der Waals surface area contributed by atoms with E-state index in [4.69, 9.17) is 15.2 Å². The topological polar surface area (TPSA) is 104 Å². The van der Waals surface area contributed by atoms with E-state index in [1.807, 2.05) is 31.2 Å². The number of aliphatic imine (C=N–C) groups is 1. The van der Waals surface area contributed by atoms with Crippen molar-refractivity contribution in [3.8, 4) is 12.1 Å². The van der Waals surface area contributed by atoms with Gasteiger partial charge in [-0.15, -0.1) is 0 Å². The highest BCUT2D eigenvalue weighted by Crippen LogP contribution is 2.82. The van der Waals surface area contributed by atoms with Crippen molar-refractivity contribution in [1.82, 2.24) is 0 Å². The molecule has 2 N–H and O–H groups in total. The Balaban J connectivity index is 2.29. The molecule has 1 heterocycles. The molecular formula is C16H16N4O2. The van der Waals surface area contributed by atoms with Crippen LogP contribution in [0.1, 0.15) is 17.0 Å². The van der Waals surface area contributed by atoms with Gasteiger partial charge in [-0.3, -0.25) is 0 Å². The van der Waals surface area contributed by atoms with Crippen LogP contribution in [0, 0.1) is 40.4 Å². The molecule has 1 saturated carbocycles. The summed E-state index contributed by atoms with van der Waals surface area (Å²) in [5, 5.41) is 19.7. The Bertz CT molecular complexity index is 756. The molecule has 0 amide bonds. The second-order valence-electron chi connectivity index (χ2n) is 5.62. The molecule has 1 aliphatic heterocycles. The molecule has 6 nitrogen and oxygen atoms in total. The van der Waals surface area contributed by atoms with E-state index < -0.39 is 22.7 Å². The minimum Gasteiger partial charge on any atom is -0.386 e. The predicted molar refractivity (Wildman–Crippen MR) is 78.4 cm³/mol. The Morgan fingerprint density at radius 2 is 1.82 bits per heavy atom. The maximum absolute atomic E-state index is 9.91. The van der Waals surface area contributed by atoms with E-state index in [0.29, 0.717) is 0 Å². The van der Waals surface area contributed by atoms with Crippen LogP contribution < -0.4 is 5.73 Å². The number of ether oxygens (including phenoxy) is 2. The van der Waals surface area contributed by atoms with Crippen LogP contribution in [-0.4, -0.2) is 26.0 Å². The van der Waals surface area contributed by atoms with Crippen molar-refractivity contribution in [2.24, 2.45) is 21.6 Å². The zero-order valence-electron chi connectivity index (χ0n) is 12.6. The molecule has 1 aromatic carbocycles. The van der Waals surface area contributed by atoms with Crippen molar-refractivity contribution < 1.29 is 9.47 Å². The first-order valence-corrected chi connectivity index (χ1v) is 6.85. The molecule has 2 aliphatic rings. The lowest BCUT2D eigenvalue weighted by molar-refractivity contribution is -0.230. The lowest BCUT2D eigenvalue weighted by atomic mass is 9.93. The van der Waals surface area contributed by atoms with Gasteiger partial charge in [-0.05, 0) is 18.1 Å². The molecule has 22 heavy (non-hydrogen) atoms. The molecule has 0 unspecified atom stereocenters. The van der Waals surface area contributed by atoms with Gasteiger partial charge in [0.1, 0.15) is 11.3 Å². The fraction of sp³-hybridized carbons (Fsp3) is 0.438. The smallest absolute Gasteiger partial charge is 0.292 e. The first-order chi connectivity index (χ1) is 10.5. The highest BCUT2D eigenvalue weighted by molar-refractivity contribution is 6.00. The standard InChI is InChI=1S/C16H16N4O2/c1-10-6-4-5-7-11(10)12-14(8-17)13(19)20-16(21-2,22-3)15(12,14)9-18/h4-7,12H,1-3H3,(H2,19,20)/t12-,14-,15-/m1/s1. The lowest BCUT2D eigenvalue weighted by Crippen LogP contribution is -2.41. The molecule has 0 saturated heterocycles. The van der Waals surface area contributed by atoms with Crippen LogP contribution in [0.3, 0.4) is 0 Å². The fourth-order valence-corrected chi connectivity index (χ4v) is 3.90. The van der Waals surface area contributed by atoms with Crippen molar-refractivity contribution >= 4 is 5.84 Å².